The minimum absolute atomic E-state index is 0.0177. The van der Waals surface area contributed by atoms with Crippen LogP contribution >= 0.6 is 15.9 Å². The second-order valence-corrected chi connectivity index (χ2v) is 5.19. The molecule has 0 spiro atoms. The molecular weight excluding hydrogens is 340 g/mol. The summed E-state index contributed by atoms with van der Waals surface area (Å²) in [5.74, 6) is -0.474. The van der Waals surface area contributed by atoms with E-state index in [4.69, 9.17) is 9.52 Å². The van der Waals surface area contributed by atoms with Gasteiger partial charge >= 0.3 is 12.0 Å². The number of hydrogen-bond acceptors (Lipinski definition) is 3. The molecular formula is C14H13BrN2O4. The Balaban J connectivity index is 2.14. The molecule has 0 aliphatic heterocycles. The summed E-state index contributed by atoms with van der Waals surface area (Å²) in [4.78, 5) is 24.7. The number of carbonyl (C=O) groups is 2. The number of benzene rings is 1. The van der Waals surface area contributed by atoms with E-state index in [0.717, 1.165) is 0 Å². The Morgan fingerprint density at radius 2 is 2.10 bits per heavy atom. The lowest BCUT2D eigenvalue weighted by Crippen LogP contribution is -2.31. The highest BCUT2D eigenvalue weighted by atomic mass is 79.9. The number of hydrogen-bond donors (Lipinski definition) is 2. The zero-order valence-corrected chi connectivity index (χ0v) is 12.8. The predicted octanol–water partition coefficient (Wildman–Crippen LogP) is 3.40. The van der Waals surface area contributed by atoms with Gasteiger partial charge in [-0.15, -0.1) is 0 Å². The molecule has 0 radical (unpaired) electrons. The summed E-state index contributed by atoms with van der Waals surface area (Å²) in [6.07, 6.45) is 1.53. The standard InChI is InChI=1S/C14H13BrN2O4/c1-17(8-9-4-3-7-21-9)14(20)16-12-10(13(18)19)5-2-6-11(12)15/h2-7H,8H2,1H3,(H,16,20)(H,18,19). The Morgan fingerprint density at radius 3 is 2.71 bits per heavy atom. The first-order chi connectivity index (χ1) is 9.99. The molecule has 0 aliphatic rings. The lowest BCUT2D eigenvalue weighted by atomic mass is 10.2. The molecule has 2 N–H and O–H groups in total. The van der Waals surface area contributed by atoms with Gasteiger partial charge in [0.1, 0.15) is 5.76 Å². The number of carboxylic acids is 1. The number of anilines is 1. The van der Waals surface area contributed by atoms with Crippen LogP contribution < -0.4 is 5.32 Å². The van der Waals surface area contributed by atoms with Crippen molar-refractivity contribution in [2.45, 2.75) is 6.54 Å². The van der Waals surface area contributed by atoms with Crippen molar-refractivity contribution in [2.75, 3.05) is 12.4 Å². The molecule has 2 rings (SSSR count). The number of nitrogens with one attached hydrogen (secondary N) is 1. The highest BCUT2D eigenvalue weighted by Crippen LogP contribution is 2.26. The fourth-order valence-corrected chi connectivity index (χ4v) is 2.21. The van der Waals surface area contributed by atoms with Gasteiger partial charge < -0.3 is 19.7 Å². The molecule has 6 nitrogen and oxygen atoms in total. The van der Waals surface area contributed by atoms with Crippen molar-refractivity contribution < 1.29 is 19.1 Å². The average molecular weight is 353 g/mol. The van der Waals surface area contributed by atoms with Crippen molar-refractivity contribution in [1.82, 2.24) is 4.90 Å². The van der Waals surface area contributed by atoms with E-state index in [1.165, 1.54) is 17.2 Å². The van der Waals surface area contributed by atoms with E-state index in [0.29, 0.717) is 10.2 Å². The summed E-state index contributed by atoms with van der Waals surface area (Å²) >= 11 is 3.24. The predicted molar refractivity (Wildman–Crippen MR) is 80.3 cm³/mol. The Hall–Kier alpha value is -2.28. The van der Waals surface area contributed by atoms with Gasteiger partial charge in [0.25, 0.3) is 0 Å². The second kappa shape index (κ2) is 6.45. The fraction of sp³-hybridized carbons (Fsp3) is 0.143. The normalized spacial score (nSPS) is 10.2. The summed E-state index contributed by atoms with van der Waals surface area (Å²) in [7, 11) is 1.59. The fourth-order valence-electron chi connectivity index (χ4n) is 1.74. The van der Waals surface area contributed by atoms with Gasteiger partial charge in [0.15, 0.2) is 0 Å². The Bertz CT molecular complexity index is 655. The quantitative estimate of drug-likeness (QED) is 0.883. The highest BCUT2D eigenvalue weighted by molar-refractivity contribution is 9.10. The third-order valence-electron chi connectivity index (χ3n) is 2.80. The molecule has 0 aliphatic carbocycles. The van der Waals surface area contributed by atoms with Gasteiger partial charge in [-0.05, 0) is 40.2 Å². The van der Waals surface area contributed by atoms with E-state index in [1.807, 2.05) is 0 Å². The number of aromatic carboxylic acids is 1. The SMILES string of the molecule is CN(Cc1ccco1)C(=O)Nc1c(Br)cccc1C(=O)O. The molecule has 2 aromatic rings. The number of para-hydroxylation sites is 1. The first-order valence-electron chi connectivity index (χ1n) is 6.05. The highest BCUT2D eigenvalue weighted by Gasteiger charge is 2.17. The number of carbonyl (C=O) groups excluding carboxylic acids is 1. The van der Waals surface area contributed by atoms with Crippen LogP contribution in [0, 0.1) is 0 Å². The number of furan rings is 1. The molecule has 2 amide bonds. The largest absolute Gasteiger partial charge is 0.478 e. The molecule has 0 saturated heterocycles. The average Bonchev–Trinajstić information content (AvgIpc) is 2.93. The molecule has 7 heteroatoms. The maximum Gasteiger partial charge on any atom is 0.337 e. The van der Waals surface area contributed by atoms with Gasteiger partial charge in [0, 0.05) is 11.5 Å². The van der Waals surface area contributed by atoms with Crippen molar-refractivity contribution in [3.8, 4) is 0 Å². The minimum atomic E-state index is -1.11. The first kappa shape index (κ1) is 15.1. The van der Waals surface area contributed by atoms with Crippen LogP contribution in [-0.4, -0.2) is 29.1 Å². The van der Waals surface area contributed by atoms with Crippen molar-refractivity contribution in [1.29, 1.82) is 0 Å². The Labute approximate surface area is 129 Å². The number of rotatable bonds is 4. The van der Waals surface area contributed by atoms with E-state index in [-0.39, 0.29) is 17.8 Å². The molecule has 0 saturated carbocycles. The van der Waals surface area contributed by atoms with E-state index < -0.39 is 12.0 Å². The molecule has 1 aromatic heterocycles. The Kier molecular flexibility index (Phi) is 4.64. The number of carboxylic acid groups (broad SMARTS) is 1. The second-order valence-electron chi connectivity index (χ2n) is 4.33. The number of urea groups is 1. The molecule has 1 heterocycles. The lowest BCUT2D eigenvalue weighted by Gasteiger charge is -2.18. The van der Waals surface area contributed by atoms with E-state index >= 15 is 0 Å². The van der Waals surface area contributed by atoms with Crippen molar-refractivity contribution in [3.05, 3.63) is 52.4 Å². The van der Waals surface area contributed by atoms with Crippen molar-refractivity contribution in [2.24, 2.45) is 0 Å². The van der Waals surface area contributed by atoms with Gasteiger partial charge in [-0.25, -0.2) is 9.59 Å². The molecule has 0 bridgehead atoms. The zero-order valence-electron chi connectivity index (χ0n) is 11.2. The van der Waals surface area contributed by atoms with Crippen LogP contribution in [0.2, 0.25) is 0 Å². The molecule has 21 heavy (non-hydrogen) atoms. The van der Waals surface area contributed by atoms with E-state index in [1.54, 1.807) is 31.3 Å². The van der Waals surface area contributed by atoms with Gasteiger partial charge in [0.2, 0.25) is 0 Å². The van der Waals surface area contributed by atoms with Gasteiger partial charge in [-0.1, -0.05) is 6.07 Å². The monoisotopic (exact) mass is 352 g/mol. The third kappa shape index (κ3) is 3.63. The van der Waals surface area contributed by atoms with Crippen LogP contribution in [0.5, 0.6) is 0 Å². The maximum absolute atomic E-state index is 12.1. The van der Waals surface area contributed by atoms with E-state index in [9.17, 15) is 9.59 Å². The molecule has 0 atom stereocenters. The first-order valence-corrected chi connectivity index (χ1v) is 6.84. The molecule has 0 fully saturated rings. The van der Waals surface area contributed by atoms with Crippen molar-refractivity contribution >= 4 is 33.6 Å². The van der Waals surface area contributed by atoms with Crippen LogP contribution in [0.3, 0.4) is 0 Å². The minimum Gasteiger partial charge on any atom is -0.478 e. The van der Waals surface area contributed by atoms with Crippen molar-refractivity contribution in [3.63, 3.8) is 0 Å². The topological polar surface area (TPSA) is 82.8 Å². The number of nitrogens with zero attached hydrogens (tertiary/aromatic N) is 1. The van der Waals surface area contributed by atoms with E-state index in [2.05, 4.69) is 21.2 Å². The van der Waals surface area contributed by atoms with Gasteiger partial charge in [0.05, 0.1) is 24.1 Å². The Morgan fingerprint density at radius 1 is 1.33 bits per heavy atom. The number of halogens is 1. The maximum atomic E-state index is 12.1. The summed E-state index contributed by atoms with van der Waals surface area (Å²) < 4.78 is 5.67. The molecule has 0 unspecified atom stereocenters. The lowest BCUT2D eigenvalue weighted by molar-refractivity contribution is 0.0698. The van der Waals surface area contributed by atoms with Crippen LogP contribution in [-0.2, 0) is 6.54 Å². The van der Waals surface area contributed by atoms with Gasteiger partial charge in [-0.3, -0.25) is 0 Å². The zero-order chi connectivity index (χ0) is 15.4. The summed E-state index contributed by atoms with van der Waals surface area (Å²) in [6.45, 7) is 0.283. The summed E-state index contributed by atoms with van der Waals surface area (Å²) in [6, 6.07) is 7.74. The number of amides is 2. The summed E-state index contributed by atoms with van der Waals surface area (Å²) in [5.41, 5.74) is 0.241. The molecule has 1 aromatic carbocycles. The van der Waals surface area contributed by atoms with Crippen LogP contribution in [0.25, 0.3) is 0 Å². The smallest absolute Gasteiger partial charge is 0.337 e. The third-order valence-corrected chi connectivity index (χ3v) is 3.46. The summed E-state index contributed by atoms with van der Waals surface area (Å²) in [5, 5.41) is 11.7. The van der Waals surface area contributed by atoms with Crippen LogP contribution in [0.15, 0.2) is 45.5 Å². The van der Waals surface area contributed by atoms with Crippen LogP contribution in [0.4, 0.5) is 10.5 Å². The van der Waals surface area contributed by atoms with Crippen LogP contribution in [0.1, 0.15) is 16.1 Å². The van der Waals surface area contributed by atoms with Gasteiger partial charge in [-0.2, -0.15) is 0 Å². The molecule has 110 valence electrons.